The molecule has 2 atom stereocenters. The second-order valence-corrected chi connectivity index (χ2v) is 6.65. The second kappa shape index (κ2) is 7.70. The summed E-state index contributed by atoms with van der Waals surface area (Å²) in [7, 11) is 3.53. The van der Waals surface area contributed by atoms with E-state index in [4.69, 9.17) is 4.74 Å². The van der Waals surface area contributed by atoms with Crippen molar-refractivity contribution < 1.29 is 9.53 Å². The summed E-state index contributed by atoms with van der Waals surface area (Å²) in [5.74, 6) is 1.71. The number of anilines is 1. The lowest BCUT2D eigenvalue weighted by atomic mass is 10.0. The fraction of sp³-hybridized carbons (Fsp3) is 0.474. The van der Waals surface area contributed by atoms with Crippen LogP contribution < -0.4 is 15.0 Å². The number of aromatic nitrogens is 2. The van der Waals surface area contributed by atoms with Gasteiger partial charge in [0.2, 0.25) is 5.91 Å². The van der Waals surface area contributed by atoms with E-state index in [-0.39, 0.29) is 18.0 Å². The van der Waals surface area contributed by atoms with Gasteiger partial charge in [-0.15, -0.1) is 0 Å². The maximum atomic E-state index is 12.8. The quantitative estimate of drug-likeness (QED) is 0.874. The van der Waals surface area contributed by atoms with Crippen LogP contribution in [0.2, 0.25) is 0 Å². The number of nitrogens with zero attached hydrogens (tertiary/aromatic N) is 3. The molecule has 3 rings (SSSR count). The zero-order chi connectivity index (χ0) is 17.8. The van der Waals surface area contributed by atoms with Gasteiger partial charge in [-0.05, 0) is 43.9 Å². The zero-order valence-electron chi connectivity index (χ0n) is 15.1. The number of piperidine rings is 1. The van der Waals surface area contributed by atoms with Crippen LogP contribution in [0.4, 0.5) is 5.82 Å². The minimum Gasteiger partial charge on any atom is -0.497 e. The number of carbonyl (C=O) groups excluding carboxylic acids is 1. The predicted octanol–water partition coefficient (Wildman–Crippen LogP) is 2.14. The van der Waals surface area contributed by atoms with E-state index in [1.807, 2.05) is 31.4 Å². The number of rotatable bonds is 6. The highest BCUT2D eigenvalue weighted by Crippen LogP contribution is 2.20. The summed E-state index contributed by atoms with van der Waals surface area (Å²) in [6.07, 6.45) is 4.59. The molecule has 0 unspecified atom stereocenters. The Morgan fingerprint density at radius 3 is 2.72 bits per heavy atom. The van der Waals surface area contributed by atoms with Crippen LogP contribution in [-0.4, -0.2) is 41.4 Å². The number of benzene rings is 1. The Morgan fingerprint density at radius 2 is 2.08 bits per heavy atom. The number of methoxy groups -OCH3 is 1. The Hall–Kier alpha value is -2.34. The van der Waals surface area contributed by atoms with Crippen molar-refractivity contribution in [3.63, 3.8) is 0 Å². The first-order valence-electron chi connectivity index (χ1n) is 8.77. The Morgan fingerprint density at radius 1 is 1.32 bits per heavy atom. The van der Waals surface area contributed by atoms with Crippen LogP contribution in [0.5, 0.6) is 5.75 Å². The molecule has 1 amide bonds. The number of hydrogen-bond acceptors (Lipinski definition) is 4. The molecule has 134 valence electrons. The van der Waals surface area contributed by atoms with Crippen LogP contribution in [0.25, 0.3) is 0 Å². The van der Waals surface area contributed by atoms with Crippen LogP contribution in [0.1, 0.15) is 25.3 Å². The normalized spacial score (nSPS) is 19.1. The molecular weight excluding hydrogens is 316 g/mol. The lowest BCUT2D eigenvalue weighted by molar-refractivity contribution is -0.122. The van der Waals surface area contributed by atoms with Crippen molar-refractivity contribution >= 4 is 11.7 Å². The van der Waals surface area contributed by atoms with Gasteiger partial charge in [0.25, 0.3) is 0 Å². The summed E-state index contributed by atoms with van der Waals surface area (Å²) in [5.41, 5.74) is 1.23. The van der Waals surface area contributed by atoms with Gasteiger partial charge in [0.05, 0.1) is 13.2 Å². The average molecular weight is 342 g/mol. The summed E-state index contributed by atoms with van der Waals surface area (Å²) < 4.78 is 6.92. The average Bonchev–Trinajstić information content (AvgIpc) is 3.03. The number of nitrogens with one attached hydrogen (secondary N) is 1. The molecule has 1 aromatic heterocycles. The van der Waals surface area contributed by atoms with Crippen molar-refractivity contribution in [1.82, 2.24) is 15.1 Å². The molecule has 6 heteroatoms. The molecule has 0 radical (unpaired) electrons. The molecule has 1 saturated heterocycles. The molecular formula is C19H26N4O2. The minimum atomic E-state index is -0.149. The number of carbonyl (C=O) groups is 1. The van der Waals surface area contributed by atoms with Gasteiger partial charge < -0.3 is 10.1 Å². The van der Waals surface area contributed by atoms with E-state index < -0.39 is 0 Å². The molecule has 1 aliphatic rings. The van der Waals surface area contributed by atoms with Gasteiger partial charge in [-0.25, -0.2) is 0 Å². The van der Waals surface area contributed by atoms with E-state index in [0.29, 0.717) is 0 Å². The highest BCUT2D eigenvalue weighted by Gasteiger charge is 2.31. The van der Waals surface area contributed by atoms with Gasteiger partial charge in [-0.1, -0.05) is 12.1 Å². The maximum Gasteiger partial charge on any atom is 0.245 e. The molecule has 2 aromatic rings. The molecule has 0 bridgehead atoms. The van der Waals surface area contributed by atoms with Crippen molar-refractivity contribution in [3.05, 3.63) is 42.1 Å². The molecule has 1 fully saturated rings. The van der Waals surface area contributed by atoms with Crippen LogP contribution in [0.15, 0.2) is 36.5 Å². The SMILES string of the molecule is COc1ccc(C[C@H](C)N[C@H]2CCCN(c3ccn(C)n3)C2=O)cc1. The van der Waals surface area contributed by atoms with E-state index in [9.17, 15) is 4.79 Å². The monoisotopic (exact) mass is 342 g/mol. The van der Waals surface area contributed by atoms with E-state index in [2.05, 4.69) is 29.5 Å². The van der Waals surface area contributed by atoms with Crippen LogP contribution in [0.3, 0.4) is 0 Å². The molecule has 6 nitrogen and oxygen atoms in total. The van der Waals surface area contributed by atoms with Crippen molar-refractivity contribution in [3.8, 4) is 5.75 Å². The number of hydrogen-bond donors (Lipinski definition) is 1. The smallest absolute Gasteiger partial charge is 0.245 e. The molecule has 25 heavy (non-hydrogen) atoms. The molecule has 0 aliphatic carbocycles. The highest BCUT2D eigenvalue weighted by atomic mass is 16.5. The second-order valence-electron chi connectivity index (χ2n) is 6.65. The lowest BCUT2D eigenvalue weighted by Crippen LogP contribution is -2.53. The van der Waals surface area contributed by atoms with Crippen molar-refractivity contribution in [1.29, 1.82) is 0 Å². The Labute approximate surface area is 148 Å². The van der Waals surface area contributed by atoms with Gasteiger partial charge >= 0.3 is 0 Å². The third kappa shape index (κ3) is 4.20. The summed E-state index contributed by atoms with van der Waals surface area (Å²) in [6.45, 7) is 2.86. The summed E-state index contributed by atoms with van der Waals surface area (Å²) in [4.78, 5) is 14.6. The predicted molar refractivity (Wildman–Crippen MR) is 97.9 cm³/mol. The first-order chi connectivity index (χ1) is 12.1. The third-order valence-electron chi connectivity index (χ3n) is 4.60. The number of amides is 1. The Balaban J connectivity index is 1.59. The zero-order valence-corrected chi connectivity index (χ0v) is 15.1. The van der Waals surface area contributed by atoms with E-state index in [1.54, 1.807) is 16.7 Å². The molecule has 1 N–H and O–H groups in total. The standard InChI is InChI=1S/C19H26N4O2/c1-14(13-15-6-8-16(25-3)9-7-15)20-17-5-4-11-23(19(17)24)18-10-12-22(2)21-18/h6-10,12,14,17,20H,4-5,11,13H2,1-3H3/t14-,17-/m0/s1. The molecule has 1 aliphatic heterocycles. The largest absolute Gasteiger partial charge is 0.497 e. The van der Waals surface area contributed by atoms with E-state index in [1.165, 1.54) is 5.56 Å². The maximum absolute atomic E-state index is 12.8. The van der Waals surface area contributed by atoms with Crippen LogP contribution in [0, 0.1) is 0 Å². The minimum absolute atomic E-state index is 0.117. The Bertz CT molecular complexity index is 710. The summed E-state index contributed by atoms with van der Waals surface area (Å²) in [5, 5.41) is 7.86. The van der Waals surface area contributed by atoms with Crippen molar-refractivity contribution in [2.45, 2.75) is 38.3 Å². The number of aryl methyl sites for hydroxylation is 1. The summed E-state index contributed by atoms with van der Waals surface area (Å²) in [6, 6.07) is 10.0. The molecule has 2 heterocycles. The van der Waals surface area contributed by atoms with Gasteiger partial charge in [0.15, 0.2) is 5.82 Å². The van der Waals surface area contributed by atoms with Crippen molar-refractivity contribution in [2.24, 2.45) is 7.05 Å². The number of ether oxygens (including phenoxy) is 1. The van der Waals surface area contributed by atoms with Gasteiger partial charge in [0.1, 0.15) is 5.75 Å². The van der Waals surface area contributed by atoms with Gasteiger partial charge in [0, 0.05) is 31.9 Å². The van der Waals surface area contributed by atoms with E-state index >= 15 is 0 Å². The summed E-state index contributed by atoms with van der Waals surface area (Å²) >= 11 is 0. The molecule has 0 spiro atoms. The van der Waals surface area contributed by atoms with Crippen molar-refractivity contribution in [2.75, 3.05) is 18.6 Å². The molecule has 0 saturated carbocycles. The van der Waals surface area contributed by atoms with Gasteiger partial charge in [-0.2, -0.15) is 5.10 Å². The van der Waals surface area contributed by atoms with E-state index in [0.717, 1.165) is 37.4 Å². The van der Waals surface area contributed by atoms with Gasteiger partial charge in [-0.3, -0.25) is 14.4 Å². The lowest BCUT2D eigenvalue weighted by Gasteiger charge is -2.33. The van der Waals surface area contributed by atoms with Crippen LogP contribution >= 0.6 is 0 Å². The van der Waals surface area contributed by atoms with Crippen LogP contribution in [-0.2, 0) is 18.3 Å². The third-order valence-corrected chi connectivity index (χ3v) is 4.60. The fourth-order valence-electron chi connectivity index (χ4n) is 3.32. The highest BCUT2D eigenvalue weighted by molar-refractivity contribution is 5.97. The first-order valence-corrected chi connectivity index (χ1v) is 8.77. The molecule has 1 aromatic carbocycles. The Kier molecular flexibility index (Phi) is 5.38. The first kappa shape index (κ1) is 17.5. The fourth-order valence-corrected chi connectivity index (χ4v) is 3.32. The topological polar surface area (TPSA) is 59.4 Å².